The quantitative estimate of drug-likeness (QED) is 0.0604. The van der Waals surface area contributed by atoms with Crippen molar-refractivity contribution < 1.29 is 38.1 Å². The predicted octanol–water partition coefficient (Wildman–Crippen LogP) is 3.01. The lowest BCUT2D eigenvalue weighted by Crippen LogP contribution is -2.22. The Kier molecular flexibility index (Phi) is 58.1. The zero-order chi connectivity index (χ0) is 30.8. The molecule has 3 N–H and O–H groups in total. The van der Waals surface area contributed by atoms with Gasteiger partial charge in [-0.25, -0.2) is 0 Å². The van der Waals surface area contributed by atoms with Gasteiger partial charge in [-0.1, -0.05) is 53.4 Å². The van der Waals surface area contributed by atoms with E-state index in [1.54, 1.807) is 0 Å². The molecule has 1 amide bonds. The first kappa shape index (κ1) is 45.9. The molecule has 1 atom stereocenters. The van der Waals surface area contributed by atoms with E-state index in [4.69, 9.17) is 23.7 Å². The lowest BCUT2D eigenvalue weighted by atomic mass is 10.1. The summed E-state index contributed by atoms with van der Waals surface area (Å²) < 4.78 is 29.0. The second kappa shape index (κ2) is 50.7. The van der Waals surface area contributed by atoms with Crippen LogP contribution in [0, 0.1) is 0 Å². The summed E-state index contributed by atoms with van der Waals surface area (Å²) >= 11 is 3.82. The molecule has 12 heteroatoms. The number of carbonyl (C=O) groups excluding carboxylic acids is 3. The van der Waals surface area contributed by atoms with Gasteiger partial charge >= 0.3 is 0 Å². The number of rotatable bonds is 28. The predicted molar refractivity (Wildman–Crippen MR) is 165 cm³/mol. The van der Waals surface area contributed by atoms with Gasteiger partial charge in [0.25, 0.3) is 0 Å². The van der Waals surface area contributed by atoms with E-state index < -0.39 is 0 Å². The third kappa shape index (κ3) is 53.2. The minimum absolute atomic E-state index is 0.0878. The average molecular weight is 600 g/mol. The summed E-state index contributed by atoms with van der Waals surface area (Å²) in [5, 5.41) is 5.62. The molecule has 0 fully saturated rings. The molecule has 0 bridgehead atoms. The van der Waals surface area contributed by atoms with Crippen LogP contribution in [0.2, 0.25) is 0 Å². The van der Waals surface area contributed by atoms with Crippen LogP contribution in [0.5, 0.6) is 0 Å². The maximum Gasteiger partial charge on any atom is 0.207 e. The van der Waals surface area contributed by atoms with Crippen LogP contribution in [0.15, 0.2) is 0 Å². The van der Waals surface area contributed by atoms with Crippen LogP contribution in [0.4, 0.5) is 0 Å². The molecule has 0 spiro atoms. The van der Waals surface area contributed by atoms with Crippen molar-refractivity contribution in [2.75, 3.05) is 86.2 Å². The molecule has 0 saturated heterocycles. The molecule has 0 aromatic carbocycles. The molecular formula is C28H61N3O8S. The van der Waals surface area contributed by atoms with Crippen LogP contribution in [0.3, 0.4) is 0 Å². The van der Waals surface area contributed by atoms with Crippen LogP contribution >= 0.6 is 12.8 Å². The summed E-state index contributed by atoms with van der Waals surface area (Å²) in [4.78, 5) is 29.8. The molecule has 0 rings (SSSR count). The van der Waals surface area contributed by atoms with Gasteiger partial charge in [-0.2, -0.15) is 0 Å². The highest BCUT2D eigenvalue weighted by Gasteiger charge is 2.02. The number of hydrogen-bond acceptors (Lipinski definition) is 11. The molecule has 0 aliphatic carbocycles. The van der Waals surface area contributed by atoms with Crippen LogP contribution in [-0.2, 0) is 38.1 Å². The van der Waals surface area contributed by atoms with Crippen molar-refractivity contribution in [1.82, 2.24) is 15.4 Å². The van der Waals surface area contributed by atoms with Crippen molar-refractivity contribution in [3.63, 3.8) is 0 Å². The zero-order valence-electron chi connectivity index (χ0n) is 26.0. The Morgan fingerprint density at radius 2 is 1.18 bits per heavy atom. The maximum atomic E-state index is 10.3. The normalized spacial score (nSPS) is 10.6. The average Bonchev–Trinajstić information content (AvgIpc) is 2.99. The van der Waals surface area contributed by atoms with Crippen LogP contribution in [0.1, 0.15) is 72.6 Å². The summed E-state index contributed by atoms with van der Waals surface area (Å²) in [5.41, 5.74) is 0. The largest absolute Gasteiger partial charge is 0.379 e. The number of unbranched alkanes of at least 4 members (excludes halogenated alkanes) is 2. The Morgan fingerprint density at radius 3 is 1.55 bits per heavy atom. The number of amides is 1. The molecule has 242 valence electrons. The van der Waals surface area contributed by atoms with Crippen molar-refractivity contribution in [3.05, 3.63) is 0 Å². The van der Waals surface area contributed by atoms with E-state index in [9.17, 15) is 14.4 Å². The maximum absolute atomic E-state index is 10.3. The van der Waals surface area contributed by atoms with Crippen molar-refractivity contribution in [2.45, 2.75) is 78.7 Å². The summed E-state index contributed by atoms with van der Waals surface area (Å²) in [6.07, 6.45) is 9.19. The van der Waals surface area contributed by atoms with Gasteiger partial charge < -0.3 is 43.9 Å². The summed E-state index contributed by atoms with van der Waals surface area (Å²) in [7, 11) is 1.92. The molecular weight excluding hydrogens is 538 g/mol. The number of nitrogens with one attached hydrogen (secondary N) is 3. The molecule has 0 aromatic rings. The first-order valence-electron chi connectivity index (χ1n) is 14.7. The van der Waals surface area contributed by atoms with E-state index >= 15 is 0 Å². The Morgan fingerprint density at radius 1 is 0.675 bits per heavy atom. The van der Waals surface area contributed by atoms with Crippen LogP contribution in [0.25, 0.3) is 0 Å². The number of hydrogen-bond donors (Lipinski definition) is 4. The lowest BCUT2D eigenvalue weighted by Gasteiger charge is -2.07. The second-order valence-electron chi connectivity index (χ2n) is 7.91. The van der Waals surface area contributed by atoms with Gasteiger partial charge in [0.15, 0.2) is 0 Å². The van der Waals surface area contributed by atoms with E-state index in [1.165, 1.54) is 0 Å². The van der Waals surface area contributed by atoms with Crippen molar-refractivity contribution in [3.8, 4) is 0 Å². The zero-order valence-corrected chi connectivity index (χ0v) is 26.9. The van der Waals surface area contributed by atoms with Gasteiger partial charge in [-0.05, 0) is 39.3 Å². The summed E-state index contributed by atoms with van der Waals surface area (Å²) in [6, 6.07) is -0.0878. The van der Waals surface area contributed by atoms with E-state index in [1.807, 2.05) is 20.9 Å². The first-order chi connectivity index (χ1) is 19.7. The van der Waals surface area contributed by atoms with E-state index in [-0.39, 0.29) is 6.04 Å². The smallest absolute Gasteiger partial charge is 0.207 e. The highest BCUT2D eigenvalue weighted by Crippen LogP contribution is 1.98. The highest BCUT2D eigenvalue weighted by atomic mass is 32.1. The molecule has 0 aliphatic rings. The Balaban J connectivity index is -0.000000271. The van der Waals surface area contributed by atoms with E-state index in [0.29, 0.717) is 65.9 Å². The molecule has 0 radical (unpaired) electrons. The fourth-order valence-corrected chi connectivity index (χ4v) is 2.61. The van der Waals surface area contributed by atoms with Crippen LogP contribution < -0.4 is 15.4 Å². The Hall–Kier alpha value is -1.12. The van der Waals surface area contributed by atoms with Crippen molar-refractivity contribution in [1.29, 1.82) is 0 Å². The molecule has 11 nitrogen and oxygen atoms in total. The minimum Gasteiger partial charge on any atom is -0.379 e. The molecule has 0 unspecified atom stereocenters. The van der Waals surface area contributed by atoms with Crippen molar-refractivity contribution in [2.24, 2.45) is 0 Å². The molecule has 0 aliphatic heterocycles. The summed E-state index contributed by atoms with van der Waals surface area (Å²) in [5.74, 6) is 0. The van der Waals surface area contributed by atoms with E-state index in [2.05, 4.69) is 42.0 Å². The van der Waals surface area contributed by atoms with Crippen molar-refractivity contribution >= 4 is 31.8 Å². The van der Waals surface area contributed by atoms with E-state index in [0.717, 1.165) is 77.2 Å². The second-order valence-corrected chi connectivity index (χ2v) is 8.17. The fraction of sp³-hybridized carbons (Fsp3) is 0.893. The van der Waals surface area contributed by atoms with Gasteiger partial charge in [-0.15, -0.1) is 0 Å². The Bertz CT molecular complexity index is 456. The monoisotopic (exact) mass is 599 g/mol. The third-order valence-corrected chi connectivity index (χ3v) is 4.83. The Labute approximate surface area is 250 Å². The number of ether oxygens (including phenoxy) is 5. The minimum atomic E-state index is -0.0878. The van der Waals surface area contributed by atoms with Gasteiger partial charge in [0.05, 0.1) is 65.5 Å². The van der Waals surface area contributed by atoms with Gasteiger partial charge in [-0.3, -0.25) is 9.52 Å². The summed E-state index contributed by atoms with van der Waals surface area (Å²) in [6.45, 7) is 15.7. The molecule has 0 saturated carbocycles. The third-order valence-electron chi connectivity index (χ3n) is 4.50. The van der Waals surface area contributed by atoms with Gasteiger partial charge in [0, 0.05) is 19.6 Å². The highest BCUT2D eigenvalue weighted by molar-refractivity contribution is 7.78. The van der Waals surface area contributed by atoms with Gasteiger partial charge in [0.1, 0.15) is 12.6 Å². The lowest BCUT2D eigenvalue weighted by molar-refractivity contribution is -0.110. The number of aldehydes is 2. The molecule has 0 aromatic heterocycles. The first-order valence-corrected chi connectivity index (χ1v) is 15.1. The standard InChI is InChI=1S/C14H28O6.C7H16N2OS.C5H11NO.C2H6/c1-2-5-16-7-9-18-11-13-20-14-12-19-10-8-17-6-3-4-15;1-8-5-3-2-4-7(6-10)9-11;1-2-3-4-6-5-7;1-2/h4H,2-3,5-14H2,1H3;6-9,11H,2-5H2,1H3;5H,2-4H2,1H3,(H,6,7);1-2H3/t;7-;;/m.0../s1. The number of thiol groups is 1. The van der Waals surface area contributed by atoms with Gasteiger partial charge in [0.2, 0.25) is 6.41 Å². The topological polar surface area (TPSA) is 133 Å². The SMILES string of the molecule is CC.CCCCNC=O.CCCOCCOCCOCCOCCOCCC=O.CNCCCC[C@@H](C=O)NS. The number of carbonyl (C=O) groups is 3. The fourth-order valence-electron chi connectivity index (χ4n) is 2.42. The molecule has 40 heavy (non-hydrogen) atoms. The molecule has 0 heterocycles. The van der Waals surface area contributed by atoms with Crippen LogP contribution in [-0.4, -0.2) is 111 Å².